The molecule has 0 saturated carbocycles. The first-order valence-electron chi connectivity index (χ1n) is 11.2. The van der Waals surface area contributed by atoms with Gasteiger partial charge in [-0.05, 0) is 28.8 Å². The predicted octanol–water partition coefficient (Wildman–Crippen LogP) is 2.97. The van der Waals surface area contributed by atoms with E-state index in [-0.39, 0.29) is 17.6 Å². The number of carbonyl (C=O) groups excluding carboxylic acids is 3. The molecule has 0 aromatic heterocycles. The van der Waals surface area contributed by atoms with Gasteiger partial charge in [0.05, 0.1) is 6.54 Å². The topological polar surface area (TPSA) is 69.7 Å². The molecule has 6 heteroatoms. The van der Waals surface area contributed by atoms with Crippen molar-refractivity contribution in [1.29, 1.82) is 0 Å². The number of piperazine rings is 1. The summed E-state index contributed by atoms with van der Waals surface area (Å²) in [5, 5.41) is 2.95. The maximum atomic E-state index is 13.1. The summed E-state index contributed by atoms with van der Waals surface area (Å²) in [4.78, 5) is 42.0. The summed E-state index contributed by atoms with van der Waals surface area (Å²) < 4.78 is 0. The SMILES string of the molecule is O=C(CN1CCN(C(=O)c2ccc3c(c2)C(=O)c2ccccc2-3)CC1)NCc1ccccc1. The summed E-state index contributed by atoms with van der Waals surface area (Å²) >= 11 is 0. The van der Waals surface area contributed by atoms with Gasteiger partial charge in [0.1, 0.15) is 0 Å². The quantitative estimate of drug-likeness (QED) is 0.519. The average Bonchev–Trinajstić information content (AvgIpc) is 3.15. The normalized spacial score (nSPS) is 15.2. The predicted molar refractivity (Wildman–Crippen MR) is 126 cm³/mol. The smallest absolute Gasteiger partial charge is 0.253 e. The van der Waals surface area contributed by atoms with Crippen LogP contribution in [0.3, 0.4) is 0 Å². The Morgan fingerprint density at radius 1 is 0.758 bits per heavy atom. The third-order valence-electron chi connectivity index (χ3n) is 6.33. The van der Waals surface area contributed by atoms with Gasteiger partial charge in [-0.1, -0.05) is 60.7 Å². The molecular formula is C27H25N3O3. The Balaban J connectivity index is 1.16. The minimum Gasteiger partial charge on any atom is -0.351 e. The number of amides is 2. The number of hydrogen-bond donors (Lipinski definition) is 1. The minimum atomic E-state index is -0.0743. The van der Waals surface area contributed by atoms with Gasteiger partial charge in [-0.15, -0.1) is 0 Å². The molecular weight excluding hydrogens is 414 g/mol. The Bertz CT molecular complexity index is 1210. The zero-order valence-electron chi connectivity index (χ0n) is 18.3. The molecule has 1 aliphatic carbocycles. The van der Waals surface area contributed by atoms with Crippen LogP contribution in [0.4, 0.5) is 0 Å². The second-order valence-corrected chi connectivity index (χ2v) is 8.47. The van der Waals surface area contributed by atoms with Gasteiger partial charge in [-0.25, -0.2) is 0 Å². The molecule has 1 heterocycles. The minimum absolute atomic E-state index is 0.0182. The highest BCUT2D eigenvalue weighted by molar-refractivity contribution is 6.22. The van der Waals surface area contributed by atoms with E-state index in [2.05, 4.69) is 10.2 Å². The van der Waals surface area contributed by atoms with Gasteiger partial charge < -0.3 is 10.2 Å². The fourth-order valence-corrected chi connectivity index (χ4v) is 4.51. The molecule has 3 aromatic carbocycles. The lowest BCUT2D eigenvalue weighted by molar-refractivity contribution is -0.122. The van der Waals surface area contributed by atoms with Crippen molar-refractivity contribution < 1.29 is 14.4 Å². The Hall–Kier alpha value is -3.77. The van der Waals surface area contributed by atoms with Crippen molar-refractivity contribution in [1.82, 2.24) is 15.1 Å². The molecule has 0 spiro atoms. The van der Waals surface area contributed by atoms with Crippen molar-refractivity contribution in [3.8, 4) is 11.1 Å². The van der Waals surface area contributed by atoms with Gasteiger partial charge in [0, 0.05) is 49.4 Å². The number of benzene rings is 3. The lowest BCUT2D eigenvalue weighted by atomic mass is 10.0. The highest BCUT2D eigenvalue weighted by Gasteiger charge is 2.29. The standard InChI is InChI=1S/C27H25N3O3/c31-25(28-17-19-6-2-1-3-7-19)18-29-12-14-30(15-13-29)27(33)20-10-11-22-21-8-4-5-9-23(21)26(32)24(22)16-20/h1-11,16H,12-15,17-18H2,(H,28,31). The zero-order valence-corrected chi connectivity index (χ0v) is 18.3. The van der Waals surface area contributed by atoms with Crippen LogP contribution in [0.15, 0.2) is 72.8 Å². The summed E-state index contributed by atoms with van der Waals surface area (Å²) in [5.41, 5.74) is 4.70. The summed E-state index contributed by atoms with van der Waals surface area (Å²) in [6, 6.07) is 22.8. The molecule has 3 aromatic rings. The Morgan fingerprint density at radius 2 is 1.42 bits per heavy atom. The Labute approximate surface area is 192 Å². The molecule has 2 aliphatic rings. The highest BCUT2D eigenvalue weighted by Crippen LogP contribution is 2.36. The number of ketones is 1. The number of nitrogens with zero attached hydrogens (tertiary/aromatic N) is 2. The van der Waals surface area contributed by atoms with Gasteiger partial charge in [0.2, 0.25) is 5.91 Å². The van der Waals surface area contributed by atoms with Crippen molar-refractivity contribution >= 4 is 17.6 Å². The van der Waals surface area contributed by atoms with Crippen LogP contribution in [0.5, 0.6) is 0 Å². The van der Waals surface area contributed by atoms with Crippen LogP contribution in [0.1, 0.15) is 31.8 Å². The third kappa shape index (κ3) is 4.30. The zero-order chi connectivity index (χ0) is 22.8. The van der Waals surface area contributed by atoms with E-state index in [1.54, 1.807) is 17.0 Å². The first-order chi connectivity index (χ1) is 16.1. The second-order valence-electron chi connectivity index (χ2n) is 8.47. The lowest BCUT2D eigenvalue weighted by Crippen LogP contribution is -2.51. The van der Waals surface area contributed by atoms with Crippen molar-refractivity contribution in [3.63, 3.8) is 0 Å². The molecule has 0 unspecified atom stereocenters. The van der Waals surface area contributed by atoms with E-state index in [4.69, 9.17) is 0 Å². The average molecular weight is 440 g/mol. The van der Waals surface area contributed by atoms with Gasteiger partial charge in [-0.3, -0.25) is 19.3 Å². The maximum Gasteiger partial charge on any atom is 0.253 e. The number of rotatable bonds is 5. The lowest BCUT2D eigenvalue weighted by Gasteiger charge is -2.34. The van der Waals surface area contributed by atoms with Crippen LogP contribution >= 0.6 is 0 Å². The molecule has 5 rings (SSSR count). The monoisotopic (exact) mass is 439 g/mol. The fourth-order valence-electron chi connectivity index (χ4n) is 4.51. The van der Waals surface area contributed by atoms with Crippen molar-refractivity contribution in [3.05, 3.63) is 95.1 Å². The summed E-state index contributed by atoms with van der Waals surface area (Å²) in [5.74, 6) is -0.119. The van der Waals surface area contributed by atoms with Crippen LogP contribution in [-0.2, 0) is 11.3 Å². The highest BCUT2D eigenvalue weighted by atomic mass is 16.2. The van der Waals surface area contributed by atoms with E-state index in [0.29, 0.717) is 56.0 Å². The molecule has 0 atom stereocenters. The van der Waals surface area contributed by atoms with Crippen LogP contribution in [0, 0.1) is 0 Å². The van der Waals surface area contributed by atoms with Gasteiger partial charge in [-0.2, -0.15) is 0 Å². The molecule has 166 valence electrons. The van der Waals surface area contributed by atoms with Crippen molar-refractivity contribution in [2.24, 2.45) is 0 Å². The van der Waals surface area contributed by atoms with E-state index in [9.17, 15) is 14.4 Å². The van der Waals surface area contributed by atoms with Crippen molar-refractivity contribution in [2.75, 3.05) is 32.7 Å². The Kier molecular flexibility index (Phi) is 5.75. The number of fused-ring (bicyclic) bond motifs is 3. The largest absolute Gasteiger partial charge is 0.351 e. The van der Waals surface area contributed by atoms with Gasteiger partial charge in [0.15, 0.2) is 5.78 Å². The van der Waals surface area contributed by atoms with E-state index in [1.165, 1.54) is 0 Å². The number of nitrogens with one attached hydrogen (secondary N) is 1. The summed E-state index contributed by atoms with van der Waals surface area (Å²) in [6.07, 6.45) is 0. The van der Waals surface area contributed by atoms with Crippen LogP contribution < -0.4 is 5.32 Å². The second kappa shape index (κ2) is 9.00. The molecule has 0 bridgehead atoms. The third-order valence-corrected chi connectivity index (χ3v) is 6.33. The fraction of sp³-hybridized carbons (Fsp3) is 0.222. The van der Waals surface area contributed by atoms with Gasteiger partial charge in [0.25, 0.3) is 5.91 Å². The molecule has 2 amide bonds. The van der Waals surface area contributed by atoms with Crippen LogP contribution in [0.25, 0.3) is 11.1 Å². The van der Waals surface area contributed by atoms with E-state index >= 15 is 0 Å². The van der Waals surface area contributed by atoms with Crippen LogP contribution in [-0.4, -0.2) is 60.1 Å². The molecule has 1 fully saturated rings. The van der Waals surface area contributed by atoms with Crippen molar-refractivity contribution in [2.45, 2.75) is 6.54 Å². The van der Waals surface area contributed by atoms with E-state index in [0.717, 1.165) is 16.7 Å². The van der Waals surface area contributed by atoms with E-state index in [1.807, 2.05) is 60.7 Å². The molecule has 0 radical (unpaired) electrons. The number of carbonyl (C=O) groups is 3. The van der Waals surface area contributed by atoms with E-state index < -0.39 is 0 Å². The molecule has 1 saturated heterocycles. The Morgan fingerprint density at radius 3 is 2.18 bits per heavy atom. The maximum absolute atomic E-state index is 13.1. The molecule has 6 nitrogen and oxygen atoms in total. The molecule has 33 heavy (non-hydrogen) atoms. The number of hydrogen-bond acceptors (Lipinski definition) is 4. The van der Waals surface area contributed by atoms with Crippen LogP contribution in [0.2, 0.25) is 0 Å². The summed E-state index contributed by atoms with van der Waals surface area (Å²) in [6.45, 7) is 3.21. The first kappa shape index (κ1) is 21.1. The first-order valence-corrected chi connectivity index (χ1v) is 11.2. The molecule has 1 aliphatic heterocycles. The summed E-state index contributed by atoms with van der Waals surface area (Å²) in [7, 11) is 0. The molecule has 1 N–H and O–H groups in total. The van der Waals surface area contributed by atoms with Gasteiger partial charge >= 0.3 is 0 Å².